The Bertz CT molecular complexity index is 298. The van der Waals surface area contributed by atoms with Crippen LogP contribution in [0.1, 0.15) is 17.2 Å². The molecule has 1 aromatic carbocycles. The van der Waals surface area contributed by atoms with E-state index in [0.717, 1.165) is 24.2 Å². The van der Waals surface area contributed by atoms with Crippen LogP contribution in [0.3, 0.4) is 0 Å². The normalized spacial score (nSPS) is 21.6. The van der Waals surface area contributed by atoms with Gasteiger partial charge in [0, 0.05) is 12.6 Å². The molecule has 0 aliphatic carbocycles. The van der Waals surface area contributed by atoms with E-state index in [1.165, 1.54) is 12.1 Å². The Morgan fingerprint density at radius 2 is 1.69 bits per heavy atom. The van der Waals surface area contributed by atoms with Gasteiger partial charge in [0.1, 0.15) is 0 Å². The van der Waals surface area contributed by atoms with Crippen LogP contribution in [-0.2, 0) is 6.18 Å². The first-order chi connectivity index (χ1) is 6.07. The molecule has 1 unspecified atom stereocenters. The Balaban J connectivity index is 2.22. The molecule has 0 saturated carbocycles. The third-order valence-corrected chi connectivity index (χ3v) is 2.05. The summed E-state index contributed by atoms with van der Waals surface area (Å²) in [5, 5.41) is 3.03. The van der Waals surface area contributed by atoms with Gasteiger partial charge in [-0.15, -0.1) is 0 Å². The predicted octanol–water partition coefficient (Wildman–Crippen LogP) is 2.35. The fourth-order valence-electron chi connectivity index (χ4n) is 1.20. The van der Waals surface area contributed by atoms with Crippen LogP contribution in [0.25, 0.3) is 0 Å². The van der Waals surface area contributed by atoms with E-state index in [9.17, 15) is 13.2 Å². The minimum absolute atomic E-state index is 0.266. The third-order valence-electron chi connectivity index (χ3n) is 2.05. The number of hydrogen-bond donors (Lipinski definition) is 1. The molecule has 0 aromatic heterocycles. The van der Waals surface area contributed by atoms with Crippen LogP contribution in [0.5, 0.6) is 0 Å². The van der Waals surface area contributed by atoms with Crippen molar-refractivity contribution in [2.75, 3.05) is 6.54 Å². The standard InChI is InChI=1S/C9H8F3N/c10-9(11,12)7-3-1-6(2-4-7)8-5-13-8/h1-4,8,13H,5H2. The van der Waals surface area contributed by atoms with Gasteiger partial charge in [-0.2, -0.15) is 13.2 Å². The average molecular weight is 187 g/mol. The van der Waals surface area contributed by atoms with Crippen LogP contribution in [0.15, 0.2) is 24.3 Å². The minimum Gasteiger partial charge on any atom is -0.307 e. The summed E-state index contributed by atoms with van der Waals surface area (Å²) >= 11 is 0. The van der Waals surface area contributed by atoms with E-state index in [0.29, 0.717) is 0 Å². The van der Waals surface area contributed by atoms with E-state index in [1.54, 1.807) is 0 Å². The van der Waals surface area contributed by atoms with Crippen LogP contribution >= 0.6 is 0 Å². The molecule has 2 rings (SSSR count). The quantitative estimate of drug-likeness (QED) is 0.669. The van der Waals surface area contributed by atoms with Crippen molar-refractivity contribution in [3.05, 3.63) is 35.4 Å². The molecule has 1 saturated heterocycles. The van der Waals surface area contributed by atoms with Crippen LogP contribution in [0, 0.1) is 0 Å². The van der Waals surface area contributed by atoms with Crippen molar-refractivity contribution in [3.63, 3.8) is 0 Å². The number of nitrogens with one attached hydrogen (secondary N) is 1. The maximum atomic E-state index is 12.1. The van der Waals surface area contributed by atoms with E-state index in [-0.39, 0.29) is 6.04 Å². The summed E-state index contributed by atoms with van der Waals surface area (Å²) in [6.07, 6.45) is -4.23. The summed E-state index contributed by atoms with van der Waals surface area (Å²) in [6.45, 7) is 0.866. The molecule has 0 spiro atoms. The molecule has 0 bridgehead atoms. The second-order valence-electron chi connectivity index (χ2n) is 3.08. The molecule has 1 atom stereocenters. The molecule has 1 nitrogen and oxygen atoms in total. The van der Waals surface area contributed by atoms with Gasteiger partial charge in [0.25, 0.3) is 0 Å². The zero-order valence-electron chi connectivity index (χ0n) is 6.73. The molecular weight excluding hydrogens is 179 g/mol. The molecular formula is C9H8F3N. The number of hydrogen-bond acceptors (Lipinski definition) is 1. The van der Waals surface area contributed by atoms with Gasteiger partial charge in [-0.3, -0.25) is 0 Å². The molecule has 1 fully saturated rings. The maximum absolute atomic E-state index is 12.1. The summed E-state index contributed by atoms with van der Waals surface area (Å²) < 4.78 is 36.4. The number of halogens is 3. The topological polar surface area (TPSA) is 21.9 Å². The molecule has 1 aliphatic heterocycles. The Labute approximate surface area is 73.6 Å². The molecule has 1 aromatic rings. The van der Waals surface area contributed by atoms with Gasteiger partial charge < -0.3 is 5.32 Å². The molecule has 0 radical (unpaired) electrons. The zero-order valence-corrected chi connectivity index (χ0v) is 6.73. The monoisotopic (exact) mass is 187 g/mol. The average Bonchev–Trinajstić information content (AvgIpc) is 2.85. The number of rotatable bonds is 1. The van der Waals surface area contributed by atoms with Crippen molar-refractivity contribution in [1.29, 1.82) is 0 Å². The molecule has 13 heavy (non-hydrogen) atoms. The molecule has 1 heterocycles. The van der Waals surface area contributed by atoms with E-state index in [4.69, 9.17) is 0 Å². The van der Waals surface area contributed by atoms with E-state index in [2.05, 4.69) is 5.32 Å². The van der Waals surface area contributed by atoms with Gasteiger partial charge >= 0.3 is 6.18 Å². The highest BCUT2D eigenvalue weighted by molar-refractivity contribution is 5.29. The highest BCUT2D eigenvalue weighted by atomic mass is 19.4. The first kappa shape index (κ1) is 8.56. The number of benzene rings is 1. The summed E-state index contributed by atoms with van der Waals surface area (Å²) in [5.41, 5.74) is 0.338. The van der Waals surface area contributed by atoms with Crippen LogP contribution in [0.2, 0.25) is 0 Å². The Kier molecular flexibility index (Phi) is 1.80. The van der Waals surface area contributed by atoms with Crippen molar-refractivity contribution in [2.24, 2.45) is 0 Å². The van der Waals surface area contributed by atoms with Gasteiger partial charge in [-0.05, 0) is 17.7 Å². The highest BCUT2D eigenvalue weighted by Crippen LogP contribution is 2.30. The predicted molar refractivity (Wildman–Crippen MR) is 42.2 cm³/mol. The fraction of sp³-hybridized carbons (Fsp3) is 0.333. The minimum atomic E-state index is -4.23. The third kappa shape index (κ3) is 1.83. The van der Waals surface area contributed by atoms with Gasteiger partial charge in [-0.25, -0.2) is 0 Å². The summed E-state index contributed by atoms with van der Waals surface area (Å²) in [6, 6.07) is 5.55. The lowest BCUT2D eigenvalue weighted by molar-refractivity contribution is -0.137. The summed E-state index contributed by atoms with van der Waals surface area (Å²) in [4.78, 5) is 0. The van der Waals surface area contributed by atoms with E-state index in [1.807, 2.05) is 0 Å². The molecule has 1 N–H and O–H groups in total. The highest BCUT2D eigenvalue weighted by Gasteiger charge is 2.31. The summed E-state index contributed by atoms with van der Waals surface area (Å²) in [7, 11) is 0. The Morgan fingerprint density at radius 1 is 1.15 bits per heavy atom. The first-order valence-electron chi connectivity index (χ1n) is 3.98. The Hall–Kier alpha value is -1.03. The second kappa shape index (κ2) is 2.73. The lowest BCUT2D eigenvalue weighted by Crippen LogP contribution is -2.04. The van der Waals surface area contributed by atoms with Crippen molar-refractivity contribution < 1.29 is 13.2 Å². The maximum Gasteiger partial charge on any atom is 0.416 e. The fourth-order valence-corrected chi connectivity index (χ4v) is 1.20. The summed E-state index contributed by atoms with van der Waals surface area (Å²) in [5.74, 6) is 0. The smallest absolute Gasteiger partial charge is 0.307 e. The zero-order chi connectivity index (χ0) is 9.47. The molecule has 70 valence electrons. The molecule has 0 amide bonds. The van der Waals surface area contributed by atoms with Crippen molar-refractivity contribution >= 4 is 0 Å². The van der Waals surface area contributed by atoms with Gasteiger partial charge in [0.15, 0.2) is 0 Å². The largest absolute Gasteiger partial charge is 0.416 e. The van der Waals surface area contributed by atoms with Crippen LogP contribution in [-0.4, -0.2) is 6.54 Å². The SMILES string of the molecule is FC(F)(F)c1ccc(C2CN2)cc1. The van der Waals surface area contributed by atoms with Crippen LogP contribution in [0.4, 0.5) is 13.2 Å². The first-order valence-corrected chi connectivity index (χ1v) is 3.98. The second-order valence-corrected chi connectivity index (χ2v) is 3.08. The Morgan fingerprint density at radius 3 is 2.08 bits per heavy atom. The van der Waals surface area contributed by atoms with Gasteiger partial charge in [0.05, 0.1) is 5.56 Å². The molecule has 1 aliphatic rings. The van der Waals surface area contributed by atoms with Gasteiger partial charge in [0.2, 0.25) is 0 Å². The van der Waals surface area contributed by atoms with E-state index < -0.39 is 11.7 Å². The van der Waals surface area contributed by atoms with Crippen molar-refractivity contribution in [1.82, 2.24) is 5.32 Å². The van der Waals surface area contributed by atoms with Crippen LogP contribution < -0.4 is 5.32 Å². The lowest BCUT2D eigenvalue weighted by Gasteiger charge is -2.06. The van der Waals surface area contributed by atoms with E-state index >= 15 is 0 Å². The van der Waals surface area contributed by atoms with Crippen molar-refractivity contribution in [3.8, 4) is 0 Å². The van der Waals surface area contributed by atoms with Gasteiger partial charge in [-0.1, -0.05) is 12.1 Å². The number of alkyl halides is 3. The lowest BCUT2D eigenvalue weighted by atomic mass is 10.1. The van der Waals surface area contributed by atoms with Crippen molar-refractivity contribution in [2.45, 2.75) is 12.2 Å². The molecule has 4 heteroatoms.